The number of nitrogens with one attached hydrogen (secondary N) is 1. The van der Waals surface area contributed by atoms with Crippen molar-refractivity contribution in [2.45, 2.75) is 27.2 Å². The predicted octanol–water partition coefficient (Wildman–Crippen LogP) is 5.69. The molecule has 0 spiro atoms. The lowest BCUT2D eigenvalue weighted by atomic mass is 10.1. The fourth-order valence-electron chi connectivity index (χ4n) is 3.37. The first kappa shape index (κ1) is 19.7. The molecular weight excluding hydrogens is 376 g/mol. The molecule has 5 heteroatoms. The van der Waals surface area contributed by atoms with Gasteiger partial charge in [0.25, 0.3) is 5.91 Å². The third-order valence-corrected chi connectivity index (χ3v) is 4.84. The maximum absolute atomic E-state index is 12.2. The SMILES string of the molecule is CCc1ccc2oc(-c3ccc(NC(=O)COc4cc(C)cc(C)c4)cc3)nc2c1. The van der Waals surface area contributed by atoms with E-state index in [2.05, 4.69) is 29.4 Å². The number of benzene rings is 3. The summed E-state index contributed by atoms with van der Waals surface area (Å²) in [7, 11) is 0. The molecule has 0 fully saturated rings. The van der Waals surface area contributed by atoms with E-state index in [1.54, 1.807) is 0 Å². The van der Waals surface area contributed by atoms with Crippen LogP contribution in [-0.2, 0) is 11.2 Å². The van der Waals surface area contributed by atoms with Crippen LogP contribution in [0.5, 0.6) is 5.75 Å². The molecule has 0 atom stereocenters. The molecule has 0 bridgehead atoms. The minimum atomic E-state index is -0.212. The summed E-state index contributed by atoms with van der Waals surface area (Å²) in [6, 6.07) is 19.4. The van der Waals surface area contributed by atoms with E-state index >= 15 is 0 Å². The van der Waals surface area contributed by atoms with E-state index in [1.165, 1.54) is 5.56 Å². The summed E-state index contributed by atoms with van der Waals surface area (Å²) < 4.78 is 11.5. The van der Waals surface area contributed by atoms with E-state index in [-0.39, 0.29) is 12.5 Å². The molecular formula is C25H24N2O3. The average molecular weight is 400 g/mol. The molecule has 1 N–H and O–H groups in total. The quantitative estimate of drug-likeness (QED) is 0.451. The van der Waals surface area contributed by atoms with E-state index in [1.807, 2.05) is 62.4 Å². The predicted molar refractivity (Wildman–Crippen MR) is 119 cm³/mol. The van der Waals surface area contributed by atoms with Crippen molar-refractivity contribution in [2.24, 2.45) is 0 Å². The number of rotatable bonds is 6. The van der Waals surface area contributed by atoms with E-state index in [0.717, 1.165) is 34.2 Å². The van der Waals surface area contributed by atoms with Crippen LogP contribution < -0.4 is 10.1 Å². The maximum Gasteiger partial charge on any atom is 0.262 e. The van der Waals surface area contributed by atoms with Gasteiger partial charge >= 0.3 is 0 Å². The Bertz CT molecular complexity index is 1170. The second-order valence-electron chi connectivity index (χ2n) is 7.41. The summed E-state index contributed by atoms with van der Waals surface area (Å²) in [5.74, 6) is 1.05. The monoisotopic (exact) mass is 400 g/mol. The normalized spacial score (nSPS) is 10.9. The minimum absolute atomic E-state index is 0.0461. The average Bonchev–Trinajstić information content (AvgIpc) is 3.15. The summed E-state index contributed by atoms with van der Waals surface area (Å²) in [6.45, 7) is 6.07. The number of fused-ring (bicyclic) bond motifs is 1. The highest BCUT2D eigenvalue weighted by molar-refractivity contribution is 5.92. The zero-order valence-electron chi connectivity index (χ0n) is 17.4. The number of nitrogens with zero attached hydrogens (tertiary/aromatic N) is 1. The van der Waals surface area contributed by atoms with E-state index in [0.29, 0.717) is 17.3 Å². The molecule has 152 valence electrons. The zero-order valence-corrected chi connectivity index (χ0v) is 17.4. The number of anilines is 1. The Kier molecular flexibility index (Phi) is 5.53. The highest BCUT2D eigenvalue weighted by atomic mass is 16.5. The van der Waals surface area contributed by atoms with Gasteiger partial charge in [0.05, 0.1) is 0 Å². The van der Waals surface area contributed by atoms with Gasteiger partial charge in [-0.05, 0) is 85.5 Å². The number of oxazole rings is 1. The summed E-state index contributed by atoms with van der Waals surface area (Å²) in [5, 5.41) is 2.85. The van der Waals surface area contributed by atoms with Crippen molar-refractivity contribution in [1.82, 2.24) is 4.98 Å². The van der Waals surface area contributed by atoms with Gasteiger partial charge in [0.15, 0.2) is 12.2 Å². The largest absolute Gasteiger partial charge is 0.484 e. The van der Waals surface area contributed by atoms with Crippen molar-refractivity contribution in [3.63, 3.8) is 0 Å². The van der Waals surface area contributed by atoms with Crippen LogP contribution in [0.4, 0.5) is 5.69 Å². The lowest BCUT2D eigenvalue weighted by Gasteiger charge is -2.09. The Morgan fingerprint density at radius 1 is 1.00 bits per heavy atom. The summed E-state index contributed by atoms with van der Waals surface area (Å²) in [4.78, 5) is 16.8. The van der Waals surface area contributed by atoms with Gasteiger partial charge in [-0.2, -0.15) is 0 Å². The number of carbonyl (C=O) groups excluding carboxylic acids is 1. The fraction of sp³-hybridized carbons (Fsp3) is 0.200. The van der Waals surface area contributed by atoms with E-state index in [9.17, 15) is 4.79 Å². The number of hydrogen-bond donors (Lipinski definition) is 1. The highest BCUT2D eigenvalue weighted by Gasteiger charge is 2.10. The molecule has 4 rings (SSSR count). The van der Waals surface area contributed by atoms with Crippen LogP contribution in [0.1, 0.15) is 23.6 Å². The van der Waals surface area contributed by atoms with Gasteiger partial charge in [0.1, 0.15) is 11.3 Å². The molecule has 3 aromatic carbocycles. The van der Waals surface area contributed by atoms with Gasteiger partial charge in [-0.3, -0.25) is 4.79 Å². The minimum Gasteiger partial charge on any atom is -0.484 e. The number of hydrogen-bond acceptors (Lipinski definition) is 4. The smallest absolute Gasteiger partial charge is 0.262 e. The van der Waals surface area contributed by atoms with Gasteiger partial charge < -0.3 is 14.5 Å². The van der Waals surface area contributed by atoms with Crippen molar-refractivity contribution < 1.29 is 13.9 Å². The summed E-state index contributed by atoms with van der Waals surface area (Å²) in [6.07, 6.45) is 0.958. The van der Waals surface area contributed by atoms with Crippen LogP contribution in [0, 0.1) is 13.8 Å². The van der Waals surface area contributed by atoms with Crippen molar-refractivity contribution in [3.05, 3.63) is 77.4 Å². The van der Waals surface area contributed by atoms with Crippen LogP contribution >= 0.6 is 0 Å². The number of amides is 1. The van der Waals surface area contributed by atoms with E-state index in [4.69, 9.17) is 9.15 Å². The molecule has 30 heavy (non-hydrogen) atoms. The molecule has 0 unspecified atom stereocenters. The van der Waals surface area contributed by atoms with Crippen molar-refractivity contribution in [2.75, 3.05) is 11.9 Å². The zero-order chi connectivity index (χ0) is 21.1. The topological polar surface area (TPSA) is 64.4 Å². The Hall–Kier alpha value is -3.60. The van der Waals surface area contributed by atoms with Gasteiger partial charge in [-0.1, -0.05) is 19.1 Å². The molecule has 0 saturated heterocycles. The van der Waals surface area contributed by atoms with Gasteiger partial charge in [-0.15, -0.1) is 0 Å². The second-order valence-corrected chi connectivity index (χ2v) is 7.41. The number of ether oxygens (including phenoxy) is 1. The van der Waals surface area contributed by atoms with Crippen molar-refractivity contribution in [3.8, 4) is 17.2 Å². The Morgan fingerprint density at radius 3 is 2.43 bits per heavy atom. The number of carbonyl (C=O) groups is 1. The lowest BCUT2D eigenvalue weighted by molar-refractivity contribution is -0.118. The highest BCUT2D eigenvalue weighted by Crippen LogP contribution is 2.26. The molecule has 5 nitrogen and oxygen atoms in total. The third-order valence-electron chi connectivity index (χ3n) is 4.84. The molecule has 1 amide bonds. The first-order valence-electron chi connectivity index (χ1n) is 10.0. The van der Waals surface area contributed by atoms with Crippen LogP contribution in [-0.4, -0.2) is 17.5 Å². The van der Waals surface area contributed by atoms with E-state index < -0.39 is 0 Å². The molecule has 0 saturated carbocycles. The Balaban J connectivity index is 1.40. The maximum atomic E-state index is 12.2. The number of aryl methyl sites for hydroxylation is 3. The summed E-state index contributed by atoms with van der Waals surface area (Å²) in [5.41, 5.74) is 6.60. The molecule has 0 radical (unpaired) electrons. The molecule has 4 aromatic rings. The lowest BCUT2D eigenvalue weighted by Crippen LogP contribution is -2.20. The Labute approximate surface area is 175 Å². The fourth-order valence-corrected chi connectivity index (χ4v) is 3.37. The van der Waals surface area contributed by atoms with Crippen molar-refractivity contribution >= 4 is 22.7 Å². The van der Waals surface area contributed by atoms with Crippen LogP contribution in [0.2, 0.25) is 0 Å². The van der Waals surface area contributed by atoms with Crippen LogP contribution in [0.15, 0.2) is 65.1 Å². The summed E-state index contributed by atoms with van der Waals surface area (Å²) >= 11 is 0. The first-order chi connectivity index (χ1) is 14.5. The second kappa shape index (κ2) is 8.41. The van der Waals surface area contributed by atoms with Gasteiger partial charge in [-0.25, -0.2) is 4.98 Å². The standard InChI is InChI=1S/C25H24N2O3/c1-4-18-5-10-23-22(14-18)27-25(30-23)19-6-8-20(9-7-19)26-24(28)15-29-21-12-16(2)11-17(3)13-21/h5-14H,4,15H2,1-3H3,(H,26,28). The number of aromatic nitrogens is 1. The van der Waals surface area contributed by atoms with Crippen LogP contribution in [0.25, 0.3) is 22.6 Å². The first-order valence-corrected chi connectivity index (χ1v) is 10.0. The van der Waals surface area contributed by atoms with Gasteiger partial charge in [0.2, 0.25) is 5.89 Å². The molecule has 0 aliphatic rings. The molecule has 1 heterocycles. The third kappa shape index (κ3) is 4.51. The van der Waals surface area contributed by atoms with Gasteiger partial charge in [0, 0.05) is 11.3 Å². The van der Waals surface area contributed by atoms with Crippen molar-refractivity contribution in [1.29, 1.82) is 0 Å². The Morgan fingerprint density at radius 2 is 1.73 bits per heavy atom. The molecule has 0 aliphatic heterocycles. The molecule has 0 aliphatic carbocycles. The van der Waals surface area contributed by atoms with Crippen LogP contribution in [0.3, 0.4) is 0 Å². The molecule has 1 aromatic heterocycles.